The van der Waals surface area contributed by atoms with Crippen LogP contribution in [0.4, 0.5) is 4.79 Å². The van der Waals surface area contributed by atoms with E-state index in [1.807, 2.05) is 10.6 Å². The highest BCUT2D eigenvalue weighted by Gasteiger charge is 2.36. The van der Waals surface area contributed by atoms with Gasteiger partial charge in [0.2, 0.25) is 0 Å². The molecule has 0 bridgehead atoms. The molecule has 2 atom stereocenters. The lowest BCUT2D eigenvalue weighted by molar-refractivity contribution is -0.145. The number of aryl methyl sites for hydroxylation is 1. The number of hydrogen-bond donors (Lipinski definition) is 0. The molecule has 1 aromatic carbocycles. The first-order valence-corrected chi connectivity index (χ1v) is 9.52. The molecule has 1 aromatic heterocycles. The van der Waals surface area contributed by atoms with Crippen LogP contribution in [0.1, 0.15) is 48.2 Å². The quantitative estimate of drug-likeness (QED) is 0.738. The molecule has 1 amide bonds. The van der Waals surface area contributed by atoms with E-state index in [0.29, 0.717) is 13.0 Å². The second-order valence-electron chi connectivity index (χ2n) is 7.18. The number of ether oxygens (including phenoxy) is 2. The van der Waals surface area contributed by atoms with Crippen molar-refractivity contribution in [3.63, 3.8) is 0 Å². The van der Waals surface area contributed by atoms with Gasteiger partial charge in [0.05, 0.1) is 7.11 Å². The number of hydrogen-bond acceptors (Lipinski definition) is 5. The Morgan fingerprint density at radius 2 is 2.11 bits per heavy atom. The Morgan fingerprint density at radius 3 is 2.86 bits per heavy atom. The third kappa shape index (κ3) is 3.88. The van der Waals surface area contributed by atoms with E-state index >= 15 is 0 Å². The van der Waals surface area contributed by atoms with Crippen LogP contribution in [0, 0.1) is 13.8 Å². The average molecular weight is 385 g/mol. The Morgan fingerprint density at radius 1 is 1.32 bits per heavy atom. The van der Waals surface area contributed by atoms with Gasteiger partial charge in [0.15, 0.2) is 6.73 Å². The predicted octanol–water partition coefficient (Wildman–Crippen LogP) is 3.38. The van der Waals surface area contributed by atoms with Gasteiger partial charge < -0.3 is 14.0 Å². The van der Waals surface area contributed by atoms with Crippen LogP contribution in [0.3, 0.4) is 0 Å². The van der Waals surface area contributed by atoms with Gasteiger partial charge in [-0.1, -0.05) is 25.1 Å². The third-order valence-corrected chi connectivity index (χ3v) is 5.54. The first-order valence-electron chi connectivity index (χ1n) is 9.52. The molecule has 3 rings (SSSR count). The number of aromatic nitrogens is 2. The molecule has 1 aliphatic heterocycles. The molecule has 0 spiro atoms. The number of carbonyl (C=O) groups excluding carboxylic acids is 2. The minimum absolute atomic E-state index is 0.0494. The molecule has 0 aliphatic carbocycles. The summed E-state index contributed by atoms with van der Waals surface area (Å²) in [6, 6.07) is 5.67. The molecule has 2 aromatic rings. The van der Waals surface area contributed by atoms with Gasteiger partial charge in [0.25, 0.3) is 0 Å². The molecule has 1 fully saturated rings. The van der Waals surface area contributed by atoms with Crippen molar-refractivity contribution in [1.29, 1.82) is 0 Å². The van der Waals surface area contributed by atoms with E-state index in [1.165, 1.54) is 28.7 Å². The highest BCUT2D eigenvalue weighted by atomic mass is 16.6. The minimum Gasteiger partial charge on any atom is -0.467 e. The Hall–Kier alpha value is -2.83. The predicted molar refractivity (Wildman–Crippen MR) is 104 cm³/mol. The van der Waals surface area contributed by atoms with Crippen LogP contribution < -0.4 is 0 Å². The van der Waals surface area contributed by atoms with Gasteiger partial charge in [-0.25, -0.2) is 14.6 Å². The molecular formula is C21H27N3O4. The first-order chi connectivity index (χ1) is 13.4. The van der Waals surface area contributed by atoms with Gasteiger partial charge in [-0.05, 0) is 43.4 Å². The lowest BCUT2D eigenvalue weighted by Crippen LogP contribution is -2.41. The second kappa shape index (κ2) is 8.46. The number of rotatable bonds is 5. The average Bonchev–Trinajstić information content (AvgIpc) is 3.36. The number of methoxy groups -OCH3 is 1. The number of amides is 1. The van der Waals surface area contributed by atoms with Crippen molar-refractivity contribution < 1.29 is 19.1 Å². The minimum atomic E-state index is -0.561. The molecule has 0 N–H and O–H groups in total. The molecule has 7 heteroatoms. The third-order valence-electron chi connectivity index (χ3n) is 5.54. The van der Waals surface area contributed by atoms with Crippen LogP contribution >= 0.6 is 0 Å². The summed E-state index contributed by atoms with van der Waals surface area (Å²) in [5, 5.41) is 0. The first kappa shape index (κ1) is 19.9. The Balaban J connectivity index is 1.70. The smallest absolute Gasteiger partial charge is 0.412 e. The van der Waals surface area contributed by atoms with Crippen LogP contribution in [0.15, 0.2) is 30.6 Å². The highest BCUT2D eigenvalue weighted by molar-refractivity contribution is 5.81. The van der Waals surface area contributed by atoms with Crippen LogP contribution in [-0.4, -0.2) is 46.2 Å². The van der Waals surface area contributed by atoms with Crippen molar-refractivity contribution in [3.8, 4) is 0 Å². The van der Waals surface area contributed by atoms with Gasteiger partial charge in [-0.2, -0.15) is 0 Å². The molecule has 0 radical (unpaired) electrons. The lowest BCUT2D eigenvalue weighted by Gasteiger charge is -2.23. The Bertz CT molecular complexity index is 861. The van der Waals surface area contributed by atoms with Crippen LogP contribution in [0.2, 0.25) is 0 Å². The zero-order valence-electron chi connectivity index (χ0n) is 16.8. The van der Waals surface area contributed by atoms with E-state index in [4.69, 9.17) is 9.47 Å². The summed E-state index contributed by atoms with van der Waals surface area (Å²) in [4.78, 5) is 30.2. The molecule has 1 saturated heterocycles. The van der Waals surface area contributed by atoms with Crippen molar-refractivity contribution in [1.82, 2.24) is 14.5 Å². The molecule has 150 valence electrons. The molecule has 1 aliphatic rings. The number of esters is 1. The highest BCUT2D eigenvalue weighted by Crippen LogP contribution is 2.27. The van der Waals surface area contributed by atoms with E-state index in [-0.39, 0.29) is 12.6 Å². The fourth-order valence-electron chi connectivity index (χ4n) is 3.77. The molecule has 1 unspecified atom stereocenters. The van der Waals surface area contributed by atoms with E-state index in [0.717, 1.165) is 12.2 Å². The summed E-state index contributed by atoms with van der Waals surface area (Å²) in [6.45, 7) is 6.83. The van der Waals surface area contributed by atoms with E-state index < -0.39 is 18.1 Å². The van der Waals surface area contributed by atoms with Gasteiger partial charge in [-0.3, -0.25) is 4.90 Å². The Kier molecular flexibility index (Phi) is 6.02. The van der Waals surface area contributed by atoms with Crippen molar-refractivity contribution in [2.45, 2.75) is 52.3 Å². The molecule has 2 heterocycles. The maximum absolute atomic E-state index is 12.5. The number of benzene rings is 1. The fraction of sp³-hybridized carbons (Fsp3) is 0.476. The fourth-order valence-corrected chi connectivity index (χ4v) is 3.77. The Labute approximate surface area is 165 Å². The van der Waals surface area contributed by atoms with Crippen LogP contribution in [0.25, 0.3) is 0 Å². The molecule has 0 saturated carbocycles. The maximum Gasteiger partial charge on any atom is 0.412 e. The monoisotopic (exact) mass is 385 g/mol. The number of likely N-dealkylation sites (tertiary alicyclic amines) is 1. The summed E-state index contributed by atoms with van der Waals surface area (Å²) in [5.41, 5.74) is 3.67. The normalized spacial score (nSPS) is 17.4. The largest absolute Gasteiger partial charge is 0.467 e. The van der Waals surface area contributed by atoms with E-state index in [9.17, 15) is 9.59 Å². The second-order valence-corrected chi connectivity index (χ2v) is 7.18. The number of nitrogens with zero attached hydrogens (tertiary/aromatic N) is 3. The zero-order valence-corrected chi connectivity index (χ0v) is 16.8. The number of imidazole rings is 1. The van der Waals surface area contributed by atoms with Gasteiger partial charge in [0.1, 0.15) is 11.9 Å². The van der Waals surface area contributed by atoms with Crippen molar-refractivity contribution in [2.75, 3.05) is 13.7 Å². The summed E-state index contributed by atoms with van der Waals surface area (Å²) in [7, 11) is 1.33. The van der Waals surface area contributed by atoms with Crippen molar-refractivity contribution in [2.24, 2.45) is 0 Å². The van der Waals surface area contributed by atoms with E-state index in [2.05, 4.69) is 37.9 Å². The number of carbonyl (C=O) groups is 2. The van der Waals surface area contributed by atoms with Crippen molar-refractivity contribution >= 4 is 12.1 Å². The van der Waals surface area contributed by atoms with Crippen LogP contribution in [-0.2, 0) is 21.0 Å². The van der Waals surface area contributed by atoms with Crippen molar-refractivity contribution in [3.05, 3.63) is 53.1 Å². The van der Waals surface area contributed by atoms with Crippen LogP contribution in [0.5, 0.6) is 0 Å². The molecule has 7 nitrogen and oxygen atoms in total. The van der Waals surface area contributed by atoms with Gasteiger partial charge in [-0.15, -0.1) is 0 Å². The summed E-state index contributed by atoms with van der Waals surface area (Å²) >= 11 is 0. The van der Waals surface area contributed by atoms with E-state index in [1.54, 1.807) is 12.4 Å². The lowest BCUT2D eigenvalue weighted by atomic mass is 9.93. The topological polar surface area (TPSA) is 73.7 Å². The summed E-state index contributed by atoms with van der Waals surface area (Å²) in [5.74, 6) is 0.483. The zero-order chi connectivity index (χ0) is 20.3. The maximum atomic E-state index is 12.5. The summed E-state index contributed by atoms with van der Waals surface area (Å²) in [6.07, 6.45) is 4.35. The molecular weight excluding hydrogens is 358 g/mol. The SMILES string of the molecule is COC(=O)[C@@H]1CCCN1C(=O)OCn1ccnc1C(C)c1cccc(C)c1C. The molecule has 28 heavy (non-hydrogen) atoms. The van der Waals surface area contributed by atoms with Gasteiger partial charge in [0, 0.05) is 24.9 Å². The summed E-state index contributed by atoms with van der Waals surface area (Å²) < 4.78 is 12.1. The standard InChI is InChI=1S/C21H27N3O4/c1-14-7-5-8-17(15(14)2)16(3)19-22-10-12-23(19)13-28-21(26)24-11-6-9-18(24)20(25)27-4/h5,7-8,10,12,16,18H,6,9,11,13H2,1-4H3/t16?,18-/m0/s1. The van der Waals surface area contributed by atoms with Gasteiger partial charge >= 0.3 is 12.1 Å².